The van der Waals surface area contributed by atoms with Crippen molar-refractivity contribution in [2.45, 2.75) is 43.0 Å². The van der Waals surface area contributed by atoms with Gasteiger partial charge >= 0.3 is 0 Å². The van der Waals surface area contributed by atoms with E-state index < -0.39 is 0 Å². The third-order valence-corrected chi connectivity index (χ3v) is 12.8. The largest absolute Gasteiger partial charge is 0.384 e. The second-order valence-electron chi connectivity index (χ2n) is 14.7. The lowest BCUT2D eigenvalue weighted by atomic mass is 9.99. The highest BCUT2D eigenvalue weighted by molar-refractivity contribution is 7.99. The summed E-state index contributed by atoms with van der Waals surface area (Å²) in [6.45, 7) is 15.8. The van der Waals surface area contributed by atoms with E-state index in [9.17, 15) is 0 Å². The summed E-state index contributed by atoms with van der Waals surface area (Å²) >= 11 is 9.81. The van der Waals surface area contributed by atoms with Crippen LogP contribution in [0.2, 0.25) is 5.02 Å². The van der Waals surface area contributed by atoms with Gasteiger partial charge in [-0.05, 0) is 123 Å². The van der Waals surface area contributed by atoms with E-state index in [0.717, 1.165) is 100 Å². The molecule has 5 aromatic rings. The van der Waals surface area contributed by atoms with Crippen molar-refractivity contribution in [1.82, 2.24) is 9.47 Å². The maximum Gasteiger partial charge on any atom is 0.125 e. The van der Waals surface area contributed by atoms with Crippen LogP contribution in [0.4, 0.5) is 21.5 Å². The highest BCUT2D eigenvalue weighted by atomic mass is 35.5. The molecule has 7 rings (SSSR count). The number of morpholine rings is 1. The van der Waals surface area contributed by atoms with E-state index >= 15 is 4.39 Å². The molecular weight excluding hydrogens is 745 g/mol. The van der Waals surface area contributed by atoms with Crippen LogP contribution in [0.25, 0.3) is 33.5 Å². The standard InChI is InChI=1S/C45H53ClFN5OS2/c1-31(2)52-32(3)45(55-5)43(44(52)34-7-12-37(46)13-8-34)36-27-38(47)30-40(28-36)51-21-19-50(20-22-51)39-14-9-33(10-15-39)35-11-16-41(42(29-35)54-4)48-17-6-18-49-23-25-53-26-24-49/h7-16,27-31,48H,6,17-26H2,1-5H3. The summed E-state index contributed by atoms with van der Waals surface area (Å²) in [6, 6.07) is 29.5. The van der Waals surface area contributed by atoms with Crippen LogP contribution < -0.4 is 15.1 Å². The van der Waals surface area contributed by atoms with E-state index in [1.807, 2.05) is 12.1 Å². The SMILES string of the molecule is CSc1cc(-c2ccc(N3CCN(c4cc(F)cc(-c5c(SC)c(C)n(C(C)C)c5-c5ccc(Cl)cc5)c4)CC3)cc2)ccc1NCCCN1CCOCC1. The summed E-state index contributed by atoms with van der Waals surface area (Å²) in [7, 11) is 0. The van der Waals surface area contributed by atoms with Crippen LogP contribution >= 0.6 is 35.1 Å². The molecule has 0 spiro atoms. The summed E-state index contributed by atoms with van der Waals surface area (Å²) in [5.41, 5.74) is 11.1. The minimum atomic E-state index is -0.216. The Hall–Kier alpha value is -3.60. The molecule has 2 aliphatic heterocycles. The van der Waals surface area contributed by atoms with Crippen molar-refractivity contribution in [2.75, 3.05) is 93.2 Å². The molecule has 290 valence electrons. The van der Waals surface area contributed by atoms with Gasteiger partial charge in [-0.3, -0.25) is 4.90 Å². The van der Waals surface area contributed by atoms with Gasteiger partial charge in [-0.15, -0.1) is 23.5 Å². The van der Waals surface area contributed by atoms with E-state index in [2.05, 4.69) is 119 Å². The molecule has 1 N–H and O–H groups in total. The van der Waals surface area contributed by atoms with Crippen molar-refractivity contribution in [3.8, 4) is 33.5 Å². The Balaban J connectivity index is 1.03. The van der Waals surface area contributed by atoms with Gasteiger partial charge in [-0.2, -0.15) is 0 Å². The highest BCUT2D eigenvalue weighted by Gasteiger charge is 2.26. The number of anilines is 3. The number of rotatable bonds is 13. The van der Waals surface area contributed by atoms with Gasteiger partial charge in [0.05, 0.1) is 18.9 Å². The van der Waals surface area contributed by atoms with Crippen LogP contribution in [0, 0.1) is 12.7 Å². The van der Waals surface area contributed by atoms with Gasteiger partial charge < -0.3 is 24.4 Å². The van der Waals surface area contributed by atoms with Crippen LogP contribution in [0.3, 0.4) is 0 Å². The molecule has 0 unspecified atom stereocenters. The van der Waals surface area contributed by atoms with Crippen LogP contribution in [0.15, 0.2) is 94.7 Å². The van der Waals surface area contributed by atoms with E-state index in [0.29, 0.717) is 5.02 Å². The summed E-state index contributed by atoms with van der Waals surface area (Å²) in [5.74, 6) is -0.216. The number of halogens is 2. The molecule has 4 aromatic carbocycles. The Morgan fingerprint density at radius 3 is 2.05 bits per heavy atom. The Labute approximate surface area is 340 Å². The topological polar surface area (TPSA) is 35.9 Å². The molecule has 55 heavy (non-hydrogen) atoms. The number of nitrogens with zero attached hydrogens (tertiary/aromatic N) is 4. The first-order valence-electron chi connectivity index (χ1n) is 19.4. The third kappa shape index (κ3) is 9.02. The first-order chi connectivity index (χ1) is 26.7. The number of ether oxygens (including phenoxy) is 1. The Bertz CT molecular complexity index is 2060. The van der Waals surface area contributed by atoms with Crippen molar-refractivity contribution in [3.63, 3.8) is 0 Å². The summed E-state index contributed by atoms with van der Waals surface area (Å²) in [4.78, 5) is 9.70. The van der Waals surface area contributed by atoms with Crippen molar-refractivity contribution in [1.29, 1.82) is 0 Å². The fraction of sp³-hybridized carbons (Fsp3) is 0.378. The van der Waals surface area contributed by atoms with Gasteiger partial charge in [0.2, 0.25) is 0 Å². The van der Waals surface area contributed by atoms with E-state index in [-0.39, 0.29) is 11.9 Å². The van der Waals surface area contributed by atoms with Crippen molar-refractivity contribution < 1.29 is 9.13 Å². The Kier molecular flexibility index (Phi) is 13.1. The maximum atomic E-state index is 15.6. The smallest absolute Gasteiger partial charge is 0.125 e. The van der Waals surface area contributed by atoms with Crippen molar-refractivity contribution >= 4 is 52.2 Å². The van der Waals surface area contributed by atoms with Crippen molar-refractivity contribution in [3.05, 3.63) is 101 Å². The molecule has 0 aliphatic carbocycles. The van der Waals surface area contributed by atoms with Crippen LogP contribution in [-0.2, 0) is 4.74 Å². The Morgan fingerprint density at radius 2 is 1.40 bits per heavy atom. The second-order valence-corrected chi connectivity index (χ2v) is 16.8. The first kappa shape index (κ1) is 39.6. The third-order valence-electron chi connectivity index (χ3n) is 10.9. The average Bonchev–Trinajstić information content (AvgIpc) is 3.52. The number of piperazine rings is 1. The number of thioether (sulfide) groups is 2. The zero-order valence-corrected chi connectivity index (χ0v) is 35.1. The van der Waals surface area contributed by atoms with Crippen LogP contribution in [0.5, 0.6) is 0 Å². The number of aromatic nitrogens is 1. The maximum absolute atomic E-state index is 15.6. The summed E-state index contributed by atoms with van der Waals surface area (Å²) in [6.07, 6.45) is 5.38. The molecule has 0 radical (unpaired) electrons. The lowest BCUT2D eigenvalue weighted by Crippen LogP contribution is -2.46. The lowest BCUT2D eigenvalue weighted by molar-refractivity contribution is 0.0378. The monoisotopic (exact) mass is 797 g/mol. The molecule has 2 fully saturated rings. The first-order valence-corrected chi connectivity index (χ1v) is 22.2. The molecule has 0 saturated carbocycles. The normalized spacial score (nSPS) is 15.3. The molecule has 2 saturated heterocycles. The zero-order chi connectivity index (χ0) is 38.5. The summed E-state index contributed by atoms with van der Waals surface area (Å²) in [5, 5.41) is 4.37. The molecular formula is C45H53ClFN5OS2. The molecule has 1 aromatic heterocycles. The molecule has 0 bridgehead atoms. The van der Waals surface area contributed by atoms with Gasteiger partial charge in [0.25, 0.3) is 0 Å². The number of nitrogens with one attached hydrogen (secondary N) is 1. The zero-order valence-electron chi connectivity index (χ0n) is 32.7. The molecule has 2 aliphatic rings. The molecule has 0 amide bonds. The average molecular weight is 799 g/mol. The minimum Gasteiger partial charge on any atom is -0.384 e. The predicted octanol–water partition coefficient (Wildman–Crippen LogP) is 11.1. The predicted molar refractivity (Wildman–Crippen MR) is 236 cm³/mol. The van der Waals surface area contributed by atoms with Crippen LogP contribution in [0.1, 0.15) is 32.0 Å². The molecule has 6 nitrogen and oxygen atoms in total. The van der Waals surface area contributed by atoms with Crippen molar-refractivity contribution in [2.24, 2.45) is 0 Å². The number of hydrogen-bond donors (Lipinski definition) is 1. The minimum absolute atomic E-state index is 0.216. The lowest BCUT2D eigenvalue weighted by Gasteiger charge is -2.37. The Morgan fingerprint density at radius 1 is 0.745 bits per heavy atom. The van der Waals surface area contributed by atoms with Gasteiger partial charge in [0.15, 0.2) is 0 Å². The van der Waals surface area contributed by atoms with E-state index in [4.69, 9.17) is 16.3 Å². The molecule has 0 atom stereocenters. The molecule has 3 heterocycles. The highest BCUT2D eigenvalue weighted by Crippen LogP contribution is 2.46. The molecule has 10 heteroatoms. The van der Waals surface area contributed by atoms with E-state index in [1.54, 1.807) is 35.7 Å². The summed E-state index contributed by atoms with van der Waals surface area (Å²) < 4.78 is 23.5. The second kappa shape index (κ2) is 18.1. The van der Waals surface area contributed by atoms with Gasteiger partial charge in [0, 0.05) is 95.0 Å². The number of hydrogen-bond acceptors (Lipinski definition) is 7. The van der Waals surface area contributed by atoms with Gasteiger partial charge in [-0.1, -0.05) is 41.9 Å². The van der Waals surface area contributed by atoms with Gasteiger partial charge in [0.1, 0.15) is 5.82 Å². The fourth-order valence-corrected chi connectivity index (χ4v) is 9.64. The number of benzene rings is 4. The van der Waals surface area contributed by atoms with Crippen LogP contribution in [-0.4, -0.2) is 87.6 Å². The van der Waals surface area contributed by atoms with E-state index in [1.165, 1.54) is 38.0 Å². The quantitative estimate of drug-likeness (QED) is 0.0939. The van der Waals surface area contributed by atoms with Gasteiger partial charge in [-0.25, -0.2) is 4.39 Å². The fourth-order valence-electron chi connectivity index (χ4n) is 8.10.